The van der Waals surface area contributed by atoms with Crippen LogP contribution in [0.15, 0.2) is 146 Å². The van der Waals surface area contributed by atoms with Gasteiger partial charge in [-0.25, -0.2) is 23.9 Å². The van der Waals surface area contributed by atoms with Crippen LogP contribution in [0.4, 0.5) is 36.4 Å². The SMILES string of the molecule is CC1CCC(C(=O)N(c2cc(-c3ccccc3)sc2C(=O)O)C(C)C)CC1.COc1ccc2c(c1)[C@H]1[C@@H](CCN1CCN(C)C)Cn1c-2c(C2CCCCC2)c2ccc(C(=O)O)cc21.Fc1ccccc1-c1nc2ccn(Cc3ccc(-c4ccc(C(F)(F)F)cc4C(F)(F)F)nn3)cc-2n1.[CH3-].[V]. The summed E-state index contributed by atoms with van der Waals surface area (Å²) >= 11 is 1.24. The van der Waals surface area contributed by atoms with Crippen LogP contribution >= 0.6 is 11.3 Å². The van der Waals surface area contributed by atoms with Crippen LogP contribution in [0.5, 0.6) is 5.75 Å². The maximum Gasteiger partial charge on any atom is 0.417 e. The normalized spacial score (nSPS) is 17.5. The number of likely N-dealkylation sites (N-methyl/N-ethyl adjacent to an activating group) is 1. The third kappa shape index (κ3) is 16.9. The standard InChI is InChI=1S/C31H39N3O3.C25H14F7N5.C22H27NO3S.CH3.V/c1-32(2)15-16-33-14-13-22-19-34-27-17-21(31(35)36)9-11-25(27)28(20-7-5-4-6-8-20)30(34)24-12-10-23(37-3)18-26(24)29(22)33;26-19-4-2-1-3-17(19)23-33-21-9-10-37(13-22(21)34-23)12-15-6-8-20(36-35-15)16-7-5-14(24(27,28)29)11-18(16)25(30,31)32;1-14(2)23(21(24)17-11-9-15(3)10-12-17)18-13-19(27-20(18)22(25)26)16-7-5-4-6-8-16;;/h9-12,17-18,20,22,29H,4-8,13-16,19H2,1-3H3,(H,35,36);1-11,13H,12H2;4-8,13-15,17H,9-12H2,1-3H3,(H,25,26);1H3;/q;;;-1;/t22-,29+;;;;/m0..../s1. The molecule has 1 saturated heterocycles. The minimum Gasteiger partial charge on any atom is -0.497 e. The second-order valence-electron chi connectivity index (χ2n) is 27.4. The molecular formula is C79H83F7N9O6SV-. The molecule has 2 aliphatic carbocycles. The topological polar surface area (TPSA) is 172 Å². The van der Waals surface area contributed by atoms with Crippen LogP contribution in [0, 0.1) is 31.0 Å². The van der Waals surface area contributed by atoms with Gasteiger partial charge >= 0.3 is 24.3 Å². The quantitative estimate of drug-likeness (QED) is 0.0736. The molecular weight excluding hydrogens is 1390 g/mol. The Morgan fingerprint density at radius 1 is 0.728 bits per heavy atom. The Labute approximate surface area is 611 Å². The second kappa shape index (κ2) is 32.5. The van der Waals surface area contributed by atoms with Gasteiger partial charge in [-0.2, -0.15) is 36.5 Å². The number of carboxylic acid groups (broad SMARTS) is 2. The molecule has 103 heavy (non-hydrogen) atoms. The van der Waals surface area contributed by atoms with Crippen LogP contribution in [0.2, 0.25) is 0 Å². The van der Waals surface area contributed by atoms with E-state index in [-0.39, 0.29) is 78.4 Å². The Balaban J connectivity index is 0.000000167. The van der Waals surface area contributed by atoms with Crippen molar-refractivity contribution in [3.05, 3.63) is 197 Å². The van der Waals surface area contributed by atoms with Gasteiger partial charge < -0.3 is 41.3 Å². The number of imidazole rings is 1. The molecule has 7 heterocycles. The van der Waals surface area contributed by atoms with E-state index in [9.17, 15) is 55.3 Å². The maximum atomic E-state index is 14.1. The number of hydrogen-bond donors (Lipinski definition) is 2. The number of rotatable bonds is 15. The zero-order chi connectivity index (χ0) is 71.6. The third-order valence-electron chi connectivity index (χ3n) is 20.0. The number of ether oxygens (including phenoxy) is 1. The average Bonchev–Trinajstić information content (AvgIpc) is 1.56. The number of aromatic nitrogens is 6. The van der Waals surface area contributed by atoms with E-state index in [0.29, 0.717) is 58.2 Å². The molecule has 2 saturated carbocycles. The van der Waals surface area contributed by atoms with Gasteiger partial charge in [0, 0.05) is 95.5 Å². The molecule has 24 heteroatoms. The molecule has 1 amide bonds. The van der Waals surface area contributed by atoms with Crippen LogP contribution in [0.3, 0.4) is 0 Å². The fourth-order valence-electron chi connectivity index (χ4n) is 14.9. The number of benzene rings is 5. The second-order valence-corrected chi connectivity index (χ2v) is 28.4. The molecule has 5 aromatic carbocycles. The van der Waals surface area contributed by atoms with Crippen molar-refractivity contribution in [3.63, 3.8) is 0 Å². The number of pyridine rings is 1. The number of aromatic carboxylic acids is 2. The average molecular weight is 1470 g/mol. The van der Waals surface area contributed by atoms with E-state index in [4.69, 9.17) is 4.74 Å². The zero-order valence-corrected chi connectivity index (χ0v) is 60.7. The molecule has 0 spiro atoms. The Kier molecular flexibility index (Phi) is 24.3. The maximum absolute atomic E-state index is 14.1. The van der Waals surface area contributed by atoms with Crippen molar-refractivity contribution in [1.82, 2.24) is 39.1 Å². The monoisotopic (exact) mass is 1470 g/mol. The summed E-state index contributed by atoms with van der Waals surface area (Å²) in [4.78, 5) is 53.6. The first-order valence-corrected chi connectivity index (χ1v) is 35.1. The van der Waals surface area contributed by atoms with Gasteiger partial charge in [-0.3, -0.25) is 9.69 Å². The van der Waals surface area contributed by atoms with Crippen molar-refractivity contribution in [2.24, 2.45) is 17.8 Å². The molecule has 2 atom stereocenters. The van der Waals surface area contributed by atoms with Crippen molar-refractivity contribution >= 4 is 45.8 Å². The van der Waals surface area contributed by atoms with Crippen molar-refractivity contribution < 1.29 is 78.6 Å². The number of carbonyl (C=O) groups excluding carboxylic acids is 1. The van der Waals surface area contributed by atoms with E-state index in [2.05, 4.69) is 79.8 Å². The van der Waals surface area contributed by atoms with Crippen LogP contribution in [-0.4, -0.2) is 114 Å². The number of fused-ring (bicyclic) bond motifs is 8. The third-order valence-corrected chi connectivity index (χ3v) is 21.1. The molecule has 3 fully saturated rings. The first-order chi connectivity index (χ1) is 48.3. The number of carboxylic acids is 2. The van der Waals surface area contributed by atoms with Gasteiger partial charge in [-0.1, -0.05) is 80.8 Å². The van der Waals surface area contributed by atoms with Crippen molar-refractivity contribution in [3.8, 4) is 61.5 Å². The smallest absolute Gasteiger partial charge is 0.417 e. The summed E-state index contributed by atoms with van der Waals surface area (Å²) in [5.41, 5.74) is 6.48. The molecule has 0 bridgehead atoms. The summed E-state index contributed by atoms with van der Waals surface area (Å²) in [7, 11) is 6.05. The number of amides is 1. The molecule has 8 aromatic rings. The molecule has 14 rings (SSSR count). The Morgan fingerprint density at radius 3 is 2.09 bits per heavy atom. The fourth-order valence-corrected chi connectivity index (χ4v) is 15.9. The number of likely N-dealkylation sites (tertiary alicyclic amines) is 1. The summed E-state index contributed by atoms with van der Waals surface area (Å²) in [6, 6.07) is 36.1. The summed E-state index contributed by atoms with van der Waals surface area (Å²) in [5, 5.41) is 28.6. The number of alkyl halides is 6. The molecule has 4 aliphatic heterocycles. The van der Waals surface area contributed by atoms with E-state index in [1.807, 2.05) is 56.3 Å². The van der Waals surface area contributed by atoms with Crippen LogP contribution in [0.25, 0.3) is 66.6 Å². The van der Waals surface area contributed by atoms with Gasteiger partial charge in [-0.05, 0) is 193 Å². The number of thiophene rings is 1. The predicted molar refractivity (Wildman–Crippen MR) is 383 cm³/mol. The fraction of sp³-hybridized carbons (Fsp3) is 0.367. The van der Waals surface area contributed by atoms with Gasteiger partial charge in [0.1, 0.15) is 22.1 Å². The van der Waals surface area contributed by atoms with Gasteiger partial charge in [0.15, 0.2) is 5.82 Å². The van der Waals surface area contributed by atoms with Gasteiger partial charge in [-0.15, -0.1) is 11.3 Å². The largest absolute Gasteiger partial charge is 0.497 e. The number of halogens is 7. The van der Waals surface area contributed by atoms with Crippen molar-refractivity contribution in [2.75, 3.05) is 45.7 Å². The molecule has 3 aromatic heterocycles. The van der Waals surface area contributed by atoms with Gasteiger partial charge in [0.25, 0.3) is 0 Å². The molecule has 1 radical (unpaired) electrons. The van der Waals surface area contributed by atoms with Crippen LogP contribution in [0.1, 0.15) is 145 Å². The van der Waals surface area contributed by atoms with Crippen molar-refractivity contribution in [1.29, 1.82) is 0 Å². The Bertz CT molecular complexity index is 4580. The number of anilines is 1. The summed E-state index contributed by atoms with van der Waals surface area (Å²) in [5.74, 6) is 0.558. The number of nitrogens with zero attached hydrogens (tertiary/aromatic N) is 9. The Hall–Kier alpha value is -8.74. The van der Waals surface area contributed by atoms with Crippen LogP contribution in [-0.2, 0) is 48.8 Å². The molecule has 6 aliphatic rings. The van der Waals surface area contributed by atoms with E-state index in [0.717, 1.165) is 86.1 Å². The van der Waals surface area contributed by atoms with Gasteiger partial charge in [0.2, 0.25) is 5.91 Å². The minimum absolute atomic E-state index is 0. The Morgan fingerprint density at radius 2 is 1.44 bits per heavy atom. The number of methoxy groups -OCH3 is 1. The molecule has 15 nitrogen and oxygen atoms in total. The first-order valence-electron chi connectivity index (χ1n) is 34.2. The van der Waals surface area contributed by atoms with Crippen molar-refractivity contribution in [2.45, 2.75) is 128 Å². The summed E-state index contributed by atoms with van der Waals surface area (Å²) in [6.07, 6.45) is 4.70. The van der Waals surface area contributed by atoms with E-state index >= 15 is 0 Å². The number of carbonyl (C=O) groups is 3. The van der Waals surface area contributed by atoms with E-state index in [1.165, 1.54) is 89.4 Å². The van der Waals surface area contributed by atoms with E-state index < -0.39 is 46.8 Å². The van der Waals surface area contributed by atoms with Crippen LogP contribution < -0.4 is 9.64 Å². The zero-order valence-electron chi connectivity index (χ0n) is 58.5. The number of hydrogen-bond acceptors (Lipinski definition) is 11. The molecule has 0 unspecified atom stereocenters. The predicted octanol–water partition coefficient (Wildman–Crippen LogP) is 18.9. The first kappa shape index (κ1) is 76.9. The minimum atomic E-state index is -5.02. The summed E-state index contributed by atoms with van der Waals surface area (Å²) in [6.45, 7) is 10.4. The molecule has 2 N–H and O–H groups in total. The van der Waals surface area contributed by atoms with Gasteiger partial charge in [0.05, 0.1) is 64.4 Å². The summed E-state index contributed by atoms with van der Waals surface area (Å²) < 4.78 is 103. The molecule has 541 valence electrons. The van der Waals surface area contributed by atoms with E-state index in [1.54, 1.807) is 59.3 Å².